The minimum atomic E-state index is -0.308. The van der Waals surface area contributed by atoms with E-state index in [-0.39, 0.29) is 5.82 Å². The molecule has 0 spiro atoms. The number of hydrogen-bond donors (Lipinski definition) is 2. The van der Waals surface area contributed by atoms with Crippen LogP contribution in [-0.2, 0) is 6.54 Å². The van der Waals surface area contributed by atoms with Crippen LogP contribution >= 0.6 is 0 Å². The third-order valence-corrected chi connectivity index (χ3v) is 5.25. The maximum absolute atomic E-state index is 13.6. The van der Waals surface area contributed by atoms with Gasteiger partial charge in [0, 0.05) is 23.9 Å². The molecule has 2 aromatic carbocycles. The van der Waals surface area contributed by atoms with Gasteiger partial charge >= 0.3 is 0 Å². The fourth-order valence-electron chi connectivity index (χ4n) is 3.71. The van der Waals surface area contributed by atoms with Crippen molar-refractivity contribution in [1.82, 2.24) is 15.0 Å². The van der Waals surface area contributed by atoms with Crippen molar-refractivity contribution in [3.63, 3.8) is 0 Å². The summed E-state index contributed by atoms with van der Waals surface area (Å²) >= 11 is 0. The van der Waals surface area contributed by atoms with Crippen LogP contribution in [0.1, 0.15) is 11.3 Å². The number of fused-ring (bicyclic) bond motifs is 1. The van der Waals surface area contributed by atoms with Gasteiger partial charge in [-0.2, -0.15) is 5.26 Å². The van der Waals surface area contributed by atoms with E-state index in [0.29, 0.717) is 17.8 Å². The second-order valence-corrected chi connectivity index (χ2v) is 7.36. The summed E-state index contributed by atoms with van der Waals surface area (Å²) in [6.45, 7) is 0.655. The van der Waals surface area contributed by atoms with Crippen molar-refractivity contribution in [3.05, 3.63) is 102 Å². The van der Waals surface area contributed by atoms with Crippen LogP contribution in [0, 0.1) is 17.1 Å². The molecule has 0 fully saturated rings. The van der Waals surface area contributed by atoms with Gasteiger partial charge in [0.05, 0.1) is 16.7 Å². The van der Waals surface area contributed by atoms with E-state index in [9.17, 15) is 9.65 Å². The number of benzene rings is 2. The van der Waals surface area contributed by atoms with Crippen molar-refractivity contribution >= 4 is 16.9 Å². The van der Waals surface area contributed by atoms with Crippen LogP contribution in [0.15, 0.2) is 85.1 Å². The highest BCUT2D eigenvalue weighted by Crippen LogP contribution is 2.38. The molecule has 2 N–H and O–H groups in total. The second kappa shape index (κ2) is 8.32. The molecule has 5 aromatic rings. The van der Waals surface area contributed by atoms with Crippen molar-refractivity contribution in [2.75, 3.05) is 5.32 Å². The van der Waals surface area contributed by atoms with Gasteiger partial charge in [0.1, 0.15) is 23.4 Å². The summed E-state index contributed by atoms with van der Waals surface area (Å²) in [4.78, 5) is 12.4. The number of nitriles is 1. The van der Waals surface area contributed by atoms with Gasteiger partial charge in [0.15, 0.2) is 0 Å². The van der Waals surface area contributed by atoms with Gasteiger partial charge in [0.25, 0.3) is 0 Å². The predicted molar refractivity (Wildman–Crippen MR) is 123 cm³/mol. The molecular formula is C26H18FN5. The lowest BCUT2D eigenvalue weighted by atomic mass is 10.0. The molecule has 3 heterocycles. The normalized spacial score (nSPS) is 10.8. The lowest BCUT2D eigenvalue weighted by Crippen LogP contribution is -2.01. The first-order chi connectivity index (χ1) is 15.7. The number of pyridine rings is 2. The zero-order valence-corrected chi connectivity index (χ0v) is 17.0. The second-order valence-electron chi connectivity index (χ2n) is 7.36. The van der Waals surface area contributed by atoms with Crippen LogP contribution in [-0.4, -0.2) is 15.0 Å². The maximum Gasteiger partial charge on any atom is 0.141 e. The Bertz CT molecular complexity index is 1430. The minimum absolute atomic E-state index is 0.308. The molecule has 0 aliphatic rings. The van der Waals surface area contributed by atoms with E-state index in [1.165, 1.54) is 12.1 Å². The van der Waals surface area contributed by atoms with Crippen molar-refractivity contribution in [2.45, 2.75) is 6.54 Å². The summed E-state index contributed by atoms with van der Waals surface area (Å²) in [5.74, 6) is 0.429. The lowest BCUT2D eigenvalue weighted by molar-refractivity contribution is 0.628. The van der Waals surface area contributed by atoms with Gasteiger partial charge in [-0.15, -0.1) is 0 Å². The van der Waals surface area contributed by atoms with E-state index in [2.05, 4.69) is 38.5 Å². The highest BCUT2D eigenvalue weighted by atomic mass is 19.1. The van der Waals surface area contributed by atoms with E-state index in [4.69, 9.17) is 0 Å². The van der Waals surface area contributed by atoms with Gasteiger partial charge in [-0.3, -0.25) is 0 Å². The molecule has 0 unspecified atom stereocenters. The van der Waals surface area contributed by atoms with Crippen LogP contribution in [0.2, 0.25) is 0 Å². The first-order valence-electron chi connectivity index (χ1n) is 10.1. The number of H-pyrrole nitrogens is 1. The van der Waals surface area contributed by atoms with Crippen molar-refractivity contribution in [3.8, 4) is 28.5 Å². The molecule has 5 nitrogen and oxygen atoms in total. The van der Waals surface area contributed by atoms with Crippen LogP contribution in [0.4, 0.5) is 10.2 Å². The van der Waals surface area contributed by atoms with Crippen LogP contribution in [0.3, 0.4) is 0 Å². The van der Waals surface area contributed by atoms with Crippen LogP contribution in [0.5, 0.6) is 0 Å². The third-order valence-electron chi connectivity index (χ3n) is 5.25. The van der Waals surface area contributed by atoms with Gasteiger partial charge in [-0.1, -0.05) is 42.5 Å². The Hall–Kier alpha value is -4.50. The molecule has 32 heavy (non-hydrogen) atoms. The first-order valence-corrected chi connectivity index (χ1v) is 10.1. The Balaban J connectivity index is 1.60. The monoisotopic (exact) mass is 419 g/mol. The standard InChI is InChI=1S/C26H18FN5/c27-20-8-6-18(7-9-20)24-25(32-22-11-10-21(15-28)31-26(22)24)19-12-13-29-23(14-19)30-16-17-4-2-1-3-5-17/h1-14,32H,16H2,(H,29,30). The summed E-state index contributed by atoms with van der Waals surface area (Å²) in [5, 5.41) is 12.7. The minimum Gasteiger partial charge on any atom is -0.366 e. The number of rotatable bonds is 5. The summed E-state index contributed by atoms with van der Waals surface area (Å²) in [7, 11) is 0. The number of nitrogens with zero attached hydrogens (tertiary/aromatic N) is 3. The van der Waals surface area contributed by atoms with Crippen molar-refractivity contribution in [2.24, 2.45) is 0 Å². The van der Waals surface area contributed by atoms with E-state index >= 15 is 0 Å². The molecule has 0 radical (unpaired) electrons. The van der Waals surface area contributed by atoms with Crippen LogP contribution in [0.25, 0.3) is 33.4 Å². The number of nitrogens with one attached hydrogen (secondary N) is 2. The van der Waals surface area contributed by atoms with Gasteiger partial charge in [-0.05, 0) is 47.5 Å². The highest BCUT2D eigenvalue weighted by molar-refractivity contribution is 6.01. The van der Waals surface area contributed by atoms with E-state index in [1.807, 2.05) is 36.4 Å². The zero-order valence-electron chi connectivity index (χ0n) is 17.0. The van der Waals surface area contributed by atoms with Crippen molar-refractivity contribution in [1.29, 1.82) is 5.26 Å². The Kier molecular flexibility index (Phi) is 5.06. The number of aromatic nitrogens is 3. The quantitative estimate of drug-likeness (QED) is 0.371. The molecule has 6 heteroatoms. The molecular weight excluding hydrogens is 401 g/mol. The first kappa shape index (κ1) is 19.5. The summed E-state index contributed by atoms with van der Waals surface area (Å²) in [6, 6.07) is 25.9. The molecule has 0 atom stereocenters. The number of hydrogen-bond acceptors (Lipinski definition) is 4. The summed E-state index contributed by atoms with van der Waals surface area (Å²) in [6.07, 6.45) is 1.75. The maximum atomic E-state index is 13.6. The molecule has 154 valence electrons. The Labute approximate surface area is 184 Å². The molecule has 0 saturated carbocycles. The molecule has 0 bridgehead atoms. The smallest absolute Gasteiger partial charge is 0.141 e. The average Bonchev–Trinajstić information content (AvgIpc) is 3.23. The van der Waals surface area contributed by atoms with E-state index in [1.54, 1.807) is 24.4 Å². The third kappa shape index (κ3) is 3.80. The summed E-state index contributed by atoms with van der Waals surface area (Å²) in [5.41, 5.74) is 6.32. The zero-order chi connectivity index (χ0) is 21.9. The number of halogens is 1. The van der Waals surface area contributed by atoms with E-state index in [0.717, 1.165) is 39.3 Å². The van der Waals surface area contributed by atoms with Gasteiger partial charge in [-0.25, -0.2) is 14.4 Å². The Morgan fingerprint density at radius 3 is 2.53 bits per heavy atom. The molecule has 0 aliphatic heterocycles. The average molecular weight is 419 g/mol. The van der Waals surface area contributed by atoms with Gasteiger partial charge < -0.3 is 10.3 Å². The topological polar surface area (TPSA) is 77.4 Å². The Morgan fingerprint density at radius 1 is 0.938 bits per heavy atom. The predicted octanol–water partition coefficient (Wildman–Crippen LogP) is 5.91. The highest BCUT2D eigenvalue weighted by Gasteiger charge is 2.17. The van der Waals surface area contributed by atoms with Crippen LogP contribution < -0.4 is 5.32 Å². The van der Waals surface area contributed by atoms with Gasteiger partial charge in [0.2, 0.25) is 0 Å². The fraction of sp³-hybridized carbons (Fsp3) is 0.0385. The largest absolute Gasteiger partial charge is 0.366 e. The van der Waals surface area contributed by atoms with Crippen molar-refractivity contribution < 1.29 is 4.39 Å². The van der Waals surface area contributed by atoms with E-state index < -0.39 is 0 Å². The molecule has 0 amide bonds. The molecule has 0 saturated heterocycles. The Morgan fingerprint density at radius 2 is 1.75 bits per heavy atom. The molecule has 3 aromatic heterocycles. The number of anilines is 1. The fourth-order valence-corrected chi connectivity index (χ4v) is 3.71. The molecule has 0 aliphatic carbocycles. The molecule has 5 rings (SSSR count). The number of aromatic amines is 1. The lowest BCUT2D eigenvalue weighted by Gasteiger charge is -2.09. The SMILES string of the molecule is N#Cc1ccc2[nH]c(-c3ccnc(NCc4ccccc4)c3)c(-c3ccc(F)cc3)c2n1. The summed E-state index contributed by atoms with van der Waals surface area (Å²) < 4.78 is 13.6.